The van der Waals surface area contributed by atoms with Crippen LogP contribution in [0.25, 0.3) is 0 Å². The van der Waals surface area contributed by atoms with Gasteiger partial charge in [0.2, 0.25) is 0 Å². The fourth-order valence-corrected chi connectivity index (χ4v) is 4.17. The van der Waals surface area contributed by atoms with Crippen LogP contribution in [0.2, 0.25) is 0 Å². The standard InChI is InChI=1S/C27H32N2O4/c28-20-32-27-8-4-7-26(17-27)31-19-23(30)18-29-15-13-22(14-16-29)21-9-11-25(12-10-21)33-24-5-2-1-3-6-24/h1-12,17,22-23,30H,13-16,18-20,28H2/t23-/m0/s1. The predicted molar refractivity (Wildman–Crippen MR) is 129 cm³/mol. The summed E-state index contributed by atoms with van der Waals surface area (Å²) in [7, 11) is 0. The molecule has 0 unspecified atom stereocenters. The third-order valence-corrected chi connectivity index (χ3v) is 5.88. The maximum absolute atomic E-state index is 10.4. The monoisotopic (exact) mass is 448 g/mol. The molecule has 1 atom stereocenters. The van der Waals surface area contributed by atoms with Crippen LogP contribution in [0.1, 0.15) is 24.3 Å². The van der Waals surface area contributed by atoms with Gasteiger partial charge in [0.25, 0.3) is 0 Å². The van der Waals surface area contributed by atoms with Crippen LogP contribution >= 0.6 is 0 Å². The summed E-state index contributed by atoms with van der Waals surface area (Å²) in [5.74, 6) is 3.55. The highest BCUT2D eigenvalue weighted by Crippen LogP contribution is 2.30. The number of rotatable bonds is 10. The summed E-state index contributed by atoms with van der Waals surface area (Å²) in [5, 5.41) is 10.4. The van der Waals surface area contributed by atoms with Crippen LogP contribution in [-0.4, -0.2) is 49.1 Å². The van der Waals surface area contributed by atoms with Crippen molar-refractivity contribution in [1.82, 2.24) is 4.90 Å². The van der Waals surface area contributed by atoms with Crippen molar-refractivity contribution in [3.63, 3.8) is 0 Å². The fourth-order valence-electron chi connectivity index (χ4n) is 4.17. The number of hydrogen-bond acceptors (Lipinski definition) is 6. The summed E-state index contributed by atoms with van der Waals surface area (Å²) in [6.07, 6.45) is 1.60. The van der Waals surface area contributed by atoms with Crippen molar-refractivity contribution in [3.05, 3.63) is 84.4 Å². The number of para-hydroxylation sites is 1. The maximum atomic E-state index is 10.4. The molecule has 6 nitrogen and oxygen atoms in total. The second kappa shape index (κ2) is 11.7. The Hall–Kier alpha value is -3.06. The molecule has 0 radical (unpaired) electrons. The van der Waals surface area contributed by atoms with E-state index in [9.17, 15) is 5.11 Å². The molecule has 174 valence electrons. The Morgan fingerprint density at radius 3 is 2.15 bits per heavy atom. The molecular weight excluding hydrogens is 416 g/mol. The van der Waals surface area contributed by atoms with Gasteiger partial charge in [-0.2, -0.15) is 0 Å². The number of nitrogens with two attached hydrogens (primary N) is 1. The number of hydrogen-bond donors (Lipinski definition) is 2. The van der Waals surface area contributed by atoms with E-state index in [1.165, 1.54) is 5.56 Å². The van der Waals surface area contributed by atoms with Gasteiger partial charge in [0.05, 0.1) is 0 Å². The number of piperidine rings is 1. The molecule has 0 aliphatic carbocycles. The molecule has 1 aliphatic rings. The van der Waals surface area contributed by atoms with E-state index >= 15 is 0 Å². The third kappa shape index (κ3) is 6.96. The Kier molecular flexibility index (Phi) is 8.19. The van der Waals surface area contributed by atoms with Crippen molar-refractivity contribution in [2.75, 3.05) is 33.0 Å². The first-order chi connectivity index (χ1) is 16.2. The number of β-amino-alcohol motifs (C(OH)–C–C–N with tert-alkyl or cyclic N) is 1. The summed E-state index contributed by atoms with van der Waals surface area (Å²) in [6.45, 7) is 2.89. The van der Waals surface area contributed by atoms with Crippen LogP contribution in [0.4, 0.5) is 0 Å². The highest BCUT2D eigenvalue weighted by Gasteiger charge is 2.22. The molecule has 33 heavy (non-hydrogen) atoms. The topological polar surface area (TPSA) is 77.2 Å². The van der Waals surface area contributed by atoms with Crippen molar-refractivity contribution in [3.8, 4) is 23.0 Å². The summed E-state index contributed by atoms with van der Waals surface area (Å²) in [5.41, 5.74) is 6.75. The van der Waals surface area contributed by atoms with E-state index in [0.29, 0.717) is 24.0 Å². The Morgan fingerprint density at radius 2 is 1.45 bits per heavy atom. The number of aliphatic hydroxyl groups is 1. The van der Waals surface area contributed by atoms with Crippen LogP contribution in [0.15, 0.2) is 78.9 Å². The van der Waals surface area contributed by atoms with E-state index in [1.54, 1.807) is 6.07 Å². The van der Waals surface area contributed by atoms with Gasteiger partial charge in [0, 0.05) is 12.6 Å². The van der Waals surface area contributed by atoms with Gasteiger partial charge in [-0.05, 0) is 73.8 Å². The van der Waals surface area contributed by atoms with E-state index in [2.05, 4.69) is 17.0 Å². The number of likely N-dealkylation sites (tertiary alicyclic amines) is 1. The molecule has 0 spiro atoms. The van der Waals surface area contributed by atoms with Crippen molar-refractivity contribution in [2.24, 2.45) is 5.73 Å². The molecular formula is C27H32N2O4. The lowest BCUT2D eigenvalue weighted by Crippen LogP contribution is -2.40. The lowest BCUT2D eigenvalue weighted by molar-refractivity contribution is 0.0593. The SMILES string of the molecule is NCOc1cccc(OC[C@@H](O)CN2CCC(c3ccc(Oc4ccccc4)cc3)CC2)c1. The molecule has 3 N–H and O–H groups in total. The summed E-state index contributed by atoms with van der Waals surface area (Å²) < 4.78 is 16.9. The van der Waals surface area contributed by atoms with Gasteiger partial charge < -0.3 is 24.2 Å². The molecule has 1 saturated heterocycles. The van der Waals surface area contributed by atoms with Gasteiger partial charge in [0.1, 0.15) is 42.4 Å². The minimum absolute atomic E-state index is 0.119. The lowest BCUT2D eigenvalue weighted by atomic mass is 9.89. The quantitative estimate of drug-likeness (QED) is 0.448. The van der Waals surface area contributed by atoms with Gasteiger partial charge in [-0.3, -0.25) is 5.73 Å². The van der Waals surface area contributed by atoms with Crippen LogP contribution in [-0.2, 0) is 0 Å². The zero-order chi connectivity index (χ0) is 22.9. The third-order valence-electron chi connectivity index (χ3n) is 5.88. The van der Waals surface area contributed by atoms with Crippen LogP contribution in [0.5, 0.6) is 23.0 Å². The second-order valence-corrected chi connectivity index (χ2v) is 8.31. The highest BCUT2D eigenvalue weighted by atomic mass is 16.5. The summed E-state index contributed by atoms with van der Waals surface area (Å²) in [6, 6.07) is 25.5. The van der Waals surface area contributed by atoms with E-state index in [4.69, 9.17) is 19.9 Å². The molecule has 4 rings (SSSR count). The predicted octanol–water partition coefficient (Wildman–Crippen LogP) is 4.39. The van der Waals surface area contributed by atoms with Gasteiger partial charge in [-0.15, -0.1) is 0 Å². The van der Waals surface area contributed by atoms with Gasteiger partial charge in [0.15, 0.2) is 0 Å². The number of nitrogens with zero attached hydrogens (tertiary/aromatic N) is 1. The van der Waals surface area contributed by atoms with Gasteiger partial charge in [-0.1, -0.05) is 36.4 Å². The largest absolute Gasteiger partial charge is 0.491 e. The Morgan fingerprint density at radius 1 is 0.818 bits per heavy atom. The minimum atomic E-state index is -0.546. The van der Waals surface area contributed by atoms with Crippen LogP contribution in [0.3, 0.4) is 0 Å². The first-order valence-corrected chi connectivity index (χ1v) is 11.5. The molecule has 0 saturated carbocycles. The fraction of sp³-hybridized carbons (Fsp3) is 0.333. The molecule has 3 aromatic carbocycles. The molecule has 6 heteroatoms. The molecule has 0 amide bonds. The van der Waals surface area contributed by atoms with Gasteiger partial charge in [-0.25, -0.2) is 0 Å². The van der Waals surface area contributed by atoms with E-state index in [-0.39, 0.29) is 13.3 Å². The van der Waals surface area contributed by atoms with E-state index in [1.807, 2.05) is 60.7 Å². The molecule has 1 aliphatic heterocycles. The first-order valence-electron chi connectivity index (χ1n) is 11.5. The van der Waals surface area contributed by atoms with Gasteiger partial charge >= 0.3 is 0 Å². The molecule has 1 heterocycles. The van der Waals surface area contributed by atoms with E-state index in [0.717, 1.165) is 37.4 Å². The number of ether oxygens (including phenoxy) is 3. The molecule has 3 aromatic rings. The Labute approximate surface area is 195 Å². The number of aliphatic hydroxyl groups excluding tert-OH is 1. The summed E-state index contributed by atoms with van der Waals surface area (Å²) in [4.78, 5) is 2.31. The number of benzene rings is 3. The van der Waals surface area contributed by atoms with Crippen molar-refractivity contribution in [1.29, 1.82) is 0 Å². The molecule has 0 aromatic heterocycles. The average molecular weight is 449 g/mol. The lowest BCUT2D eigenvalue weighted by Gasteiger charge is -2.33. The first kappa shape index (κ1) is 23.1. The molecule has 1 fully saturated rings. The van der Waals surface area contributed by atoms with Crippen LogP contribution in [0, 0.1) is 0 Å². The highest BCUT2D eigenvalue weighted by molar-refractivity contribution is 5.34. The second-order valence-electron chi connectivity index (χ2n) is 8.31. The Balaban J connectivity index is 1.20. The average Bonchev–Trinajstić information content (AvgIpc) is 2.85. The normalized spacial score (nSPS) is 15.7. The zero-order valence-electron chi connectivity index (χ0n) is 18.8. The van der Waals surface area contributed by atoms with E-state index < -0.39 is 6.10 Å². The van der Waals surface area contributed by atoms with Crippen LogP contribution < -0.4 is 19.9 Å². The minimum Gasteiger partial charge on any atom is -0.491 e. The smallest absolute Gasteiger partial charge is 0.137 e. The maximum Gasteiger partial charge on any atom is 0.137 e. The van der Waals surface area contributed by atoms with Crippen molar-refractivity contribution in [2.45, 2.75) is 24.9 Å². The molecule has 0 bridgehead atoms. The Bertz CT molecular complexity index is 973. The zero-order valence-corrected chi connectivity index (χ0v) is 18.8. The summed E-state index contributed by atoms with van der Waals surface area (Å²) >= 11 is 0. The van der Waals surface area contributed by atoms with Crippen molar-refractivity contribution < 1.29 is 19.3 Å². The van der Waals surface area contributed by atoms with Crippen molar-refractivity contribution >= 4 is 0 Å².